The Kier molecular flexibility index (Phi) is 2.99. The Morgan fingerprint density at radius 3 is 2.53 bits per heavy atom. The van der Waals surface area contributed by atoms with Crippen molar-refractivity contribution in [2.45, 2.75) is 6.92 Å². The summed E-state index contributed by atoms with van der Waals surface area (Å²) in [6, 6.07) is 15.4. The third-order valence-electron chi connectivity index (χ3n) is 3.23. The van der Waals surface area contributed by atoms with Crippen molar-refractivity contribution >= 4 is 26.8 Å². The van der Waals surface area contributed by atoms with Crippen LogP contribution in [0.5, 0.6) is 0 Å². The monoisotopic (exact) mass is 313 g/mol. The summed E-state index contributed by atoms with van der Waals surface area (Å²) in [5.41, 5.74) is 3.84. The molecule has 0 amide bonds. The Bertz CT molecular complexity index is 806. The maximum atomic E-state index is 12.3. The van der Waals surface area contributed by atoms with Crippen LogP contribution in [0.1, 0.15) is 5.56 Å². The first kappa shape index (κ1) is 12.2. The van der Waals surface area contributed by atoms with Gasteiger partial charge in [0.15, 0.2) is 5.43 Å². The molecule has 0 saturated carbocycles. The van der Waals surface area contributed by atoms with Crippen molar-refractivity contribution in [3.8, 4) is 11.3 Å². The Morgan fingerprint density at radius 2 is 1.79 bits per heavy atom. The highest BCUT2D eigenvalue weighted by atomic mass is 79.9. The standard InChI is InChI=1S/C16H12BrNO/c1-10-7-8-12(17)15-14(19)9-13(18-16(10)15)11-5-3-2-4-6-11/h2-9H,1H3,(H,18,19). The number of aromatic nitrogens is 1. The molecule has 0 bridgehead atoms. The molecule has 0 fully saturated rings. The highest BCUT2D eigenvalue weighted by Crippen LogP contribution is 2.25. The van der Waals surface area contributed by atoms with Crippen LogP contribution in [0.3, 0.4) is 0 Å². The van der Waals surface area contributed by atoms with Crippen molar-refractivity contribution in [3.63, 3.8) is 0 Å². The maximum absolute atomic E-state index is 12.3. The second kappa shape index (κ2) is 4.67. The number of nitrogens with one attached hydrogen (secondary N) is 1. The molecule has 0 aliphatic rings. The predicted molar refractivity (Wildman–Crippen MR) is 82.4 cm³/mol. The Balaban J connectivity index is 2.38. The molecular weight excluding hydrogens is 302 g/mol. The lowest BCUT2D eigenvalue weighted by molar-refractivity contribution is 1.34. The van der Waals surface area contributed by atoms with Gasteiger partial charge in [0.25, 0.3) is 0 Å². The number of H-pyrrole nitrogens is 1. The summed E-state index contributed by atoms with van der Waals surface area (Å²) in [5, 5.41) is 0.708. The van der Waals surface area contributed by atoms with Gasteiger partial charge in [-0.3, -0.25) is 4.79 Å². The summed E-state index contributed by atoms with van der Waals surface area (Å²) in [6.45, 7) is 2.00. The lowest BCUT2D eigenvalue weighted by Gasteiger charge is -2.08. The second-order valence-corrected chi connectivity index (χ2v) is 5.38. The number of aromatic amines is 1. The van der Waals surface area contributed by atoms with Crippen LogP contribution < -0.4 is 5.43 Å². The molecule has 2 nitrogen and oxygen atoms in total. The molecule has 0 aliphatic carbocycles. The summed E-state index contributed by atoms with van der Waals surface area (Å²) in [4.78, 5) is 15.7. The summed E-state index contributed by atoms with van der Waals surface area (Å²) >= 11 is 3.44. The van der Waals surface area contributed by atoms with Crippen molar-refractivity contribution in [1.29, 1.82) is 0 Å². The maximum Gasteiger partial charge on any atom is 0.191 e. The van der Waals surface area contributed by atoms with E-state index in [2.05, 4.69) is 20.9 Å². The molecular formula is C16H12BrNO. The summed E-state index contributed by atoms with van der Waals surface area (Å²) in [7, 11) is 0. The summed E-state index contributed by atoms with van der Waals surface area (Å²) < 4.78 is 0.828. The van der Waals surface area contributed by atoms with Crippen LogP contribution >= 0.6 is 15.9 Å². The number of hydrogen-bond donors (Lipinski definition) is 1. The fourth-order valence-corrected chi connectivity index (χ4v) is 2.76. The number of hydrogen-bond acceptors (Lipinski definition) is 1. The van der Waals surface area contributed by atoms with E-state index in [1.165, 1.54) is 0 Å². The van der Waals surface area contributed by atoms with E-state index in [-0.39, 0.29) is 5.43 Å². The van der Waals surface area contributed by atoms with Gasteiger partial charge in [0, 0.05) is 16.2 Å². The molecule has 0 radical (unpaired) electrons. The van der Waals surface area contributed by atoms with Gasteiger partial charge in [-0.05, 0) is 40.0 Å². The van der Waals surface area contributed by atoms with Crippen molar-refractivity contribution in [2.75, 3.05) is 0 Å². The minimum absolute atomic E-state index is 0.0307. The zero-order valence-electron chi connectivity index (χ0n) is 10.4. The third kappa shape index (κ3) is 2.10. The average molecular weight is 314 g/mol. The van der Waals surface area contributed by atoms with Gasteiger partial charge in [-0.1, -0.05) is 36.4 Å². The first-order valence-electron chi connectivity index (χ1n) is 6.04. The highest BCUT2D eigenvalue weighted by Gasteiger charge is 2.08. The van der Waals surface area contributed by atoms with Gasteiger partial charge in [-0.2, -0.15) is 0 Å². The van der Waals surface area contributed by atoms with Crippen LogP contribution in [0.25, 0.3) is 22.2 Å². The van der Waals surface area contributed by atoms with E-state index in [9.17, 15) is 4.79 Å². The van der Waals surface area contributed by atoms with Crippen LogP contribution in [0, 0.1) is 6.92 Å². The summed E-state index contributed by atoms with van der Waals surface area (Å²) in [6.07, 6.45) is 0. The first-order chi connectivity index (χ1) is 9.16. The van der Waals surface area contributed by atoms with Gasteiger partial charge >= 0.3 is 0 Å². The highest BCUT2D eigenvalue weighted by molar-refractivity contribution is 9.10. The SMILES string of the molecule is Cc1ccc(Br)c2c(=O)cc(-c3ccccc3)[nH]c12. The zero-order valence-corrected chi connectivity index (χ0v) is 12.0. The number of benzene rings is 2. The number of pyridine rings is 1. The van der Waals surface area contributed by atoms with E-state index in [1.54, 1.807) is 6.07 Å². The van der Waals surface area contributed by atoms with Gasteiger partial charge in [0.2, 0.25) is 0 Å². The van der Waals surface area contributed by atoms with E-state index in [0.29, 0.717) is 5.39 Å². The Morgan fingerprint density at radius 1 is 1.05 bits per heavy atom. The van der Waals surface area contributed by atoms with Crippen LogP contribution in [0.15, 0.2) is 57.8 Å². The third-order valence-corrected chi connectivity index (χ3v) is 3.89. The van der Waals surface area contributed by atoms with Gasteiger partial charge < -0.3 is 4.98 Å². The van der Waals surface area contributed by atoms with Crippen molar-refractivity contribution in [1.82, 2.24) is 4.98 Å². The number of rotatable bonds is 1. The minimum atomic E-state index is 0.0307. The van der Waals surface area contributed by atoms with E-state index in [4.69, 9.17) is 0 Å². The molecule has 3 rings (SSSR count). The number of halogens is 1. The quantitative estimate of drug-likeness (QED) is 0.715. The molecule has 0 spiro atoms. The lowest BCUT2D eigenvalue weighted by atomic mass is 10.1. The molecule has 1 heterocycles. The van der Waals surface area contributed by atoms with Gasteiger partial charge in [0.1, 0.15) is 0 Å². The van der Waals surface area contributed by atoms with Gasteiger partial charge in [0.05, 0.1) is 10.9 Å². The molecule has 1 aromatic heterocycles. The fraction of sp³-hybridized carbons (Fsp3) is 0.0625. The molecule has 0 unspecified atom stereocenters. The fourth-order valence-electron chi connectivity index (χ4n) is 2.23. The van der Waals surface area contributed by atoms with E-state index < -0.39 is 0 Å². The number of aryl methyl sites for hydroxylation is 1. The van der Waals surface area contributed by atoms with E-state index >= 15 is 0 Å². The van der Waals surface area contributed by atoms with Crippen LogP contribution in [-0.2, 0) is 0 Å². The van der Waals surface area contributed by atoms with Gasteiger partial charge in [-0.25, -0.2) is 0 Å². The van der Waals surface area contributed by atoms with Crippen molar-refractivity contribution in [2.24, 2.45) is 0 Å². The molecule has 19 heavy (non-hydrogen) atoms. The molecule has 0 aliphatic heterocycles. The molecule has 94 valence electrons. The normalized spacial score (nSPS) is 10.8. The molecule has 1 N–H and O–H groups in total. The largest absolute Gasteiger partial charge is 0.354 e. The smallest absolute Gasteiger partial charge is 0.191 e. The minimum Gasteiger partial charge on any atom is -0.354 e. The Hall–Kier alpha value is -1.87. The van der Waals surface area contributed by atoms with E-state index in [0.717, 1.165) is 26.8 Å². The van der Waals surface area contributed by atoms with E-state index in [1.807, 2.05) is 49.4 Å². The number of fused-ring (bicyclic) bond motifs is 1. The van der Waals surface area contributed by atoms with Crippen molar-refractivity contribution in [3.05, 3.63) is 68.8 Å². The van der Waals surface area contributed by atoms with Gasteiger partial charge in [-0.15, -0.1) is 0 Å². The Labute approximate surface area is 119 Å². The molecule has 3 heteroatoms. The molecule has 2 aromatic carbocycles. The average Bonchev–Trinajstić information content (AvgIpc) is 2.43. The molecule has 3 aromatic rings. The summed E-state index contributed by atoms with van der Waals surface area (Å²) in [5.74, 6) is 0. The molecule has 0 atom stereocenters. The van der Waals surface area contributed by atoms with Crippen LogP contribution in [0.4, 0.5) is 0 Å². The van der Waals surface area contributed by atoms with Crippen molar-refractivity contribution < 1.29 is 0 Å². The molecule has 0 saturated heterocycles. The topological polar surface area (TPSA) is 32.9 Å². The van der Waals surface area contributed by atoms with Crippen LogP contribution in [0.2, 0.25) is 0 Å². The first-order valence-corrected chi connectivity index (χ1v) is 6.83. The lowest BCUT2D eigenvalue weighted by Crippen LogP contribution is -2.04. The second-order valence-electron chi connectivity index (χ2n) is 4.53. The van der Waals surface area contributed by atoms with Crippen LogP contribution in [-0.4, -0.2) is 4.98 Å². The predicted octanol–water partition coefficient (Wildman–Crippen LogP) is 4.27. The zero-order chi connectivity index (χ0) is 13.4.